The molecule has 3 N–H and O–H groups in total. The monoisotopic (exact) mass is 461 g/mol. The lowest BCUT2D eigenvalue weighted by Crippen LogP contribution is -2.44. The molecule has 1 aliphatic carbocycles. The van der Waals surface area contributed by atoms with Crippen LogP contribution in [-0.2, 0) is 26.4 Å². The summed E-state index contributed by atoms with van der Waals surface area (Å²) in [5.41, 5.74) is 6.20. The molecule has 11 heteroatoms. The molecule has 1 aromatic heterocycles. The summed E-state index contributed by atoms with van der Waals surface area (Å²) in [6.07, 6.45) is -0.421. The third-order valence-electron chi connectivity index (χ3n) is 7.07. The second-order valence-corrected chi connectivity index (χ2v) is 9.31. The zero-order valence-corrected chi connectivity index (χ0v) is 17.8. The number of rotatable bonds is 3. The van der Waals surface area contributed by atoms with E-state index in [9.17, 15) is 14.0 Å². The van der Waals surface area contributed by atoms with Crippen LogP contribution in [0, 0.1) is 17.7 Å². The fraction of sp³-hybridized carbons (Fsp3) is 0.476. The van der Waals surface area contributed by atoms with Gasteiger partial charge in [0.25, 0.3) is 0 Å². The van der Waals surface area contributed by atoms with Gasteiger partial charge in [0.1, 0.15) is 12.4 Å². The molecule has 0 radical (unpaired) electrons. The van der Waals surface area contributed by atoms with Crippen LogP contribution in [0.15, 0.2) is 18.2 Å². The number of anilines is 2. The molecule has 9 nitrogen and oxygen atoms in total. The Bertz CT molecular complexity index is 1150. The molecule has 0 bridgehead atoms. The second kappa shape index (κ2) is 6.82. The van der Waals surface area contributed by atoms with Crippen molar-refractivity contribution in [2.45, 2.75) is 24.5 Å². The number of amides is 2. The number of benzene rings is 1. The molecule has 2 aromatic rings. The van der Waals surface area contributed by atoms with Crippen molar-refractivity contribution < 1.29 is 23.5 Å². The van der Waals surface area contributed by atoms with E-state index in [1.165, 1.54) is 16.8 Å². The molecule has 3 fully saturated rings. The van der Waals surface area contributed by atoms with Crippen LogP contribution in [0.2, 0.25) is 5.02 Å². The molecule has 6 rings (SSSR count). The van der Waals surface area contributed by atoms with Crippen molar-refractivity contribution in [3.8, 4) is 0 Å². The van der Waals surface area contributed by atoms with Crippen LogP contribution in [0.3, 0.4) is 0 Å². The second-order valence-electron chi connectivity index (χ2n) is 8.90. The van der Waals surface area contributed by atoms with Gasteiger partial charge in [-0.1, -0.05) is 11.6 Å². The first-order chi connectivity index (χ1) is 15.4. The number of nitrogens with one attached hydrogen (secondary N) is 1. The number of nitrogen functional groups attached to an aromatic ring is 1. The van der Waals surface area contributed by atoms with Crippen molar-refractivity contribution in [2.24, 2.45) is 11.8 Å². The number of nitrogens with zero attached hydrogens (tertiary/aromatic N) is 3. The number of fused-ring (bicyclic) bond motifs is 3. The van der Waals surface area contributed by atoms with Crippen molar-refractivity contribution in [1.29, 1.82) is 0 Å². The fourth-order valence-corrected chi connectivity index (χ4v) is 5.55. The van der Waals surface area contributed by atoms with Crippen LogP contribution in [0.25, 0.3) is 0 Å². The molecular formula is C21H21ClFN5O4. The minimum atomic E-state index is -1.28. The molecular weight excluding hydrogens is 441 g/mol. The van der Waals surface area contributed by atoms with Gasteiger partial charge in [0.2, 0.25) is 5.91 Å². The van der Waals surface area contributed by atoms with Gasteiger partial charge < -0.3 is 20.1 Å². The molecule has 1 aromatic carbocycles. The summed E-state index contributed by atoms with van der Waals surface area (Å²) in [5, 5.41) is 6.99. The van der Waals surface area contributed by atoms with E-state index in [1.54, 1.807) is 4.90 Å². The largest absolute Gasteiger partial charge is 0.436 e. The first-order valence-corrected chi connectivity index (χ1v) is 10.9. The number of hydrogen-bond donors (Lipinski definition) is 2. The number of ether oxygens (including phenoxy) is 2. The smallest absolute Gasteiger partial charge is 0.412 e. The standard InChI is InChI=1S/C21H21ClFN5O4/c22-12-1-2-13-18(19(12)23)21(32-20(30)25-13)3-4-27(9-21)16(29)6-28-15(24)5-14(26-28)17-10-7-31-8-11(10)17/h1-2,5,10-11,17H,3-4,6-9,24H2,(H,25,30)/t10?,11?,17?,21-/m0/s1. The lowest BCUT2D eigenvalue weighted by Gasteiger charge is -2.35. The Kier molecular flexibility index (Phi) is 4.22. The number of aromatic nitrogens is 2. The van der Waals surface area contributed by atoms with Crippen molar-refractivity contribution in [1.82, 2.24) is 14.7 Å². The molecule has 168 valence electrons. The van der Waals surface area contributed by atoms with Gasteiger partial charge in [-0.2, -0.15) is 5.10 Å². The van der Waals surface area contributed by atoms with E-state index in [0.717, 1.165) is 18.9 Å². The summed E-state index contributed by atoms with van der Waals surface area (Å²) in [4.78, 5) is 26.7. The topological polar surface area (TPSA) is 112 Å². The lowest BCUT2D eigenvalue weighted by atomic mass is 9.89. The summed E-state index contributed by atoms with van der Waals surface area (Å²) in [5.74, 6) is 0.853. The molecule has 4 heterocycles. The van der Waals surface area contributed by atoms with Gasteiger partial charge in [-0.25, -0.2) is 13.9 Å². The van der Waals surface area contributed by atoms with E-state index in [2.05, 4.69) is 10.4 Å². The van der Waals surface area contributed by atoms with Gasteiger partial charge in [-0.3, -0.25) is 10.1 Å². The third kappa shape index (κ3) is 2.89. The Labute approximate surface area is 187 Å². The Balaban J connectivity index is 1.21. The van der Waals surface area contributed by atoms with Crippen LogP contribution >= 0.6 is 11.6 Å². The zero-order chi connectivity index (χ0) is 22.2. The van der Waals surface area contributed by atoms with Gasteiger partial charge in [-0.15, -0.1) is 0 Å². The maximum atomic E-state index is 14.9. The Morgan fingerprint density at radius 3 is 2.94 bits per heavy atom. The summed E-state index contributed by atoms with van der Waals surface area (Å²) >= 11 is 5.98. The number of hydrogen-bond acceptors (Lipinski definition) is 6. The van der Waals surface area contributed by atoms with E-state index < -0.39 is 17.5 Å². The van der Waals surface area contributed by atoms with E-state index in [4.69, 9.17) is 26.8 Å². The summed E-state index contributed by atoms with van der Waals surface area (Å²) in [7, 11) is 0. The van der Waals surface area contributed by atoms with Crippen LogP contribution in [0.4, 0.5) is 20.7 Å². The van der Waals surface area contributed by atoms with Crippen LogP contribution < -0.4 is 11.1 Å². The maximum absolute atomic E-state index is 14.9. The summed E-state index contributed by atoms with van der Waals surface area (Å²) < 4.78 is 27.4. The minimum absolute atomic E-state index is 0.0294. The molecule has 1 spiro atoms. The molecule has 3 atom stereocenters. The maximum Gasteiger partial charge on any atom is 0.412 e. The normalized spacial score (nSPS) is 30.1. The van der Waals surface area contributed by atoms with Crippen molar-refractivity contribution in [3.63, 3.8) is 0 Å². The molecule has 4 aliphatic rings. The zero-order valence-electron chi connectivity index (χ0n) is 17.0. The highest BCUT2D eigenvalue weighted by Gasteiger charge is 2.56. The molecule has 1 saturated carbocycles. The molecule has 2 unspecified atom stereocenters. The Morgan fingerprint density at radius 2 is 2.16 bits per heavy atom. The minimum Gasteiger partial charge on any atom is -0.436 e. The quantitative estimate of drug-likeness (QED) is 0.725. The summed E-state index contributed by atoms with van der Waals surface area (Å²) in [6.45, 7) is 1.77. The van der Waals surface area contributed by atoms with Crippen LogP contribution in [0.1, 0.15) is 23.6 Å². The van der Waals surface area contributed by atoms with Gasteiger partial charge in [0.05, 0.1) is 41.7 Å². The SMILES string of the molecule is Nc1cc(C2C3COCC32)nn1CC(=O)N1CC[C@@]2(C1)OC(=O)Nc1ccc(Cl)c(F)c12. The first kappa shape index (κ1) is 19.8. The van der Waals surface area contributed by atoms with Crippen LogP contribution in [-0.4, -0.2) is 53.0 Å². The Hall–Kier alpha value is -2.85. The Morgan fingerprint density at radius 1 is 1.38 bits per heavy atom. The number of carbonyl (C=O) groups is 2. The van der Waals surface area contributed by atoms with Crippen molar-refractivity contribution >= 4 is 35.1 Å². The van der Waals surface area contributed by atoms with Gasteiger partial charge >= 0.3 is 6.09 Å². The van der Waals surface area contributed by atoms with E-state index in [1.807, 2.05) is 6.07 Å². The highest BCUT2D eigenvalue weighted by atomic mass is 35.5. The molecule has 32 heavy (non-hydrogen) atoms. The molecule has 2 saturated heterocycles. The fourth-order valence-electron chi connectivity index (χ4n) is 5.39. The summed E-state index contributed by atoms with van der Waals surface area (Å²) in [6, 6.07) is 4.74. The van der Waals surface area contributed by atoms with E-state index in [0.29, 0.717) is 35.8 Å². The number of carbonyl (C=O) groups excluding carboxylic acids is 2. The highest BCUT2D eigenvalue weighted by Crippen LogP contribution is 2.57. The third-order valence-corrected chi connectivity index (χ3v) is 7.36. The van der Waals surface area contributed by atoms with Gasteiger partial charge in [-0.05, 0) is 24.0 Å². The van der Waals surface area contributed by atoms with E-state index >= 15 is 0 Å². The molecule has 2 amide bonds. The number of nitrogens with two attached hydrogens (primary N) is 1. The predicted molar refractivity (Wildman–Crippen MR) is 112 cm³/mol. The van der Waals surface area contributed by atoms with E-state index in [-0.39, 0.29) is 36.0 Å². The first-order valence-electron chi connectivity index (χ1n) is 10.5. The average molecular weight is 462 g/mol. The lowest BCUT2D eigenvalue weighted by molar-refractivity contribution is -0.132. The number of likely N-dealkylation sites (tertiary alicyclic amines) is 1. The number of halogens is 2. The van der Waals surface area contributed by atoms with Gasteiger partial charge in [0.15, 0.2) is 11.4 Å². The van der Waals surface area contributed by atoms with Gasteiger partial charge in [0, 0.05) is 24.9 Å². The van der Waals surface area contributed by atoms with Crippen molar-refractivity contribution in [2.75, 3.05) is 37.4 Å². The average Bonchev–Trinajstić information content (AvgIpc) is 3.13. The predicted octanol–water partition coefficient (Wildman–Crippen LogP) is 2.31. The van der Waals surface area contributed by atoms with Crippen molar-refractivity contribution in [3.05, 3.63) is 40.3 Å². The highest BCUT2D eigenvalue weighted by molar-refractivity contribution is 6.31. The van der Waals surface area contributed by atoms with Crippen LogP contribution in [0.5, 0.6) is 0 Å². The molecule has 3 aliphatic heterocycles.